The van der Waals surface area contributed by atoms with Crippen molar-refractivity contribution in [2.75, 3.05) is 24.5 Å². The molecule has 1 atom stereocenters. The Balaban J connectivity index is 2.11. The highest BCUT2D eigenvalue weighted by Crippen LogP contribution is 2.31. The lowest BCUT2D eigenvalue weighted by Crippen LogP contribution is -2.51. The lowest BCUT2D eigenvalue weighted by atomic mass is 10.1. The first-order valence-electron chi connectivity index (χ1n) is 13.6. The summed E-state index contributed by atoms with van der Waals surface area (Å²) in [5.74, 6) is -0.617. The number of hydrogen-bond donors (Lipinski definition) is 1. The van der Waals surface area contributed by atoms with Crippen LogP contribution in [0.15, 0.2) is 65.6 Å². The van der Waals surface area contributed by atoms with Crippen LogP contribution in [-0.4, -0.2) is 56.3 Å². The molecular formula is C30H34Cl2N4O7S. The van der Waals surface area contributed by atoms with Gasteiger partial charge in [-0.05, 0) is 62.2 Å². The summed E-state index contributed by atoms with van der Waals surface area (Å²) >= 11 is 12.8. The van der Waals surface area contributed by atoms with E-state index < -0.39 is 45.0 Å². The van der Waals surface area contributed by atoms with E-state index in [0.29, 0.717) is 17.9 Å². The van der Waals surface area contributed by atoms with Crippen LogP contribution in [-0.2, 0) is 26.2 Å². The summed E-state index contributed by atoms with van der Waals surface area (Å²) in [7, 11) is -3.10. The fourth-order valence-electron chi connectivity index (χ4n) is 4.24. The lowest BCUT2D eigenvalue weighted by molar-refractivity contribution is -0.385. The van der Waals surface area contributed by atoms with E-state index in [-0.39, 0.29) is 38.7 Å². The number of amides is 2. The van der Waals surface area contributed by atoms with Crippen LogP contribution < -0.4 is 14.4 Å². The van der Waals surface area contributed by atoms with Crippen LogP contribution in [0.5, 0.6) is 5.75 Å². The number of nitro groups is 1. The van der Waals surface area contributed by atoms with Gasteiger partial charge in [0, 0.05) is 40.3 Å². The van der Waals surface area contributed by atoms with Gasteiger partial charge in [-0.2, -0.15) is 0 Å². The normalized spacial score (nSPS) is 12.0. The van der Waals surface area contributed by atoms with Crippen molar-refractivity contribution in [2.24, 2.45) is 5.92 Å². The number of carbonyl (C=O) groups is 2. The first kappa shape index (κ1) is 34.6. The average molecular weight is 666 g/mol. The van der Waals surface area contributed by atoms with Gasteiger partial charge in [-0.25, -0.2) is 8.42 Å². The van der Waals surface area contributed by atoms with Crippen molar-refractivity contribution in [1.82, 2.24) is 10.2 Å². The number of nitrogens with zero attached hydrogens (tertiary/aromatic N) is 3. The maximum Gasteiger partial charge on any atom is 0.273 e. The Hall–Kier alpha value is -3.87. The van der Waals surface area contributed by atoms with Crippen LogP contribution in [0, 0.1) is 23.0 Å². The largest absolute Gasteiger partial charge is 0.497 e. The number of benzene rings is 3. The topological polar surface area (TPSA) is 139 Å². The molecule has 2 amide bonds. The second-order valence-corrected chi connectivity index (χ2v) is 13.1. The zero-order chi connectivity index (χ0) is 32.8. The van der Waals surface area contributed by atoms with Gasteiger partial charge in [0.2, 0.25) is 11.8 Å². The van der Waals surface area contributed by atoms with Crippen molar-refractivity contribution in [3.8, 4) is 5.75 Å². The monoisotopic (exact) mass is 664 g/mol. The fourth-order valence-corrected chi connectivity index (χ4v) is 6.19. The molecule has 0 unspecified atom stereocenters. The van der Waals surface area contributed by atoms with E-state index in [9.17, 15) is 28.1 Å². The van der Waals surface area contributed by atoms with Gasteiger partial charge in [0.1, 0.15) is 18.3 Å². The van der Waals surface area contributed by atoms with E-state index in [0.717, 1.165) is 10.4 Å². The van der Waals surface area contributed by atoms with Gasteiger partial charge in [0.25, 0.3) is 15.7 Å². The molecular weight excluding hydrogens is 631 g/mol. The maximum atomic E-state index is 14.1. The first-order chi connectivity index (χ1) is 20.7. The van der Waals surface area contributed by atoms with Gasteiger partial charge in [-0.3, -0.25) is 24.0 Å². The highest BCUT2D eigenvalue weighted by atomic mass is 35.5. The molecule has 3 aromatic carbocycles. The second kappa shape index (κ2) is 14.7. The van der Waals surface area contributed by atoms with Crippen LogP contribution in [0.2, 0.25) is 10.0 Å². The average Bonchev–Trinajstić information content (AvgIpc) is 2.98. The molecule has 1 N–H and O–H groups in total. The van der Waals surface area contributed by atoms with E-state index in [1.807, 2.05) is 13.8 Å². The molecule has 0 aliphatic heterocycles. The van der Waals surface area contributed by atoms with Crippen molar-refractivity contribution in [3.05, 3.63) is 92.0 Å². The number of aryl methyl sites for hydroxylation is 1. The number of halogens is 2. The van der Waals surface area contributed by atoms with Crippen molar-refractivity contribution >= 4 is 56.4 Å². The van der Waals surface area contributed by atoms with Gasteiger partial charge < -0.3 is 15.0 Å². The minimum atomic E-state index is -4.54. The summed E-state index contributed by atoms with van der Waals surface area (Å²) in [6, 6.07) is 13.2. The molecule has 0 bridgehead atoms. The molecule has 0 aromatic heterocycles. The maximum absolute atomic E-state index is 14.1. The Morgan fingerprint density at radius 1 is 1.02 bits per heavy atom. The molecule has 0 aliphatic rings. The molecule has 236 valence electrons. The molecule has 11 nitrogen and oxygen atoms in total. The third-order valence-electron chi connectivity index (χ3n) is 6.85. The molecule has 0 aliphatic carbocycles. The molecule has 0 fully saturated rings. The third-order valence-corrected chi connectivity index (χ3v) is 9.32. The highest BCUT2D eigenvalue weighted by molar-refractivity contribution is 7.92. The van der Waals surface area contributed by atoms with Crippen LogP contribution in [0.25, 0.3) is 0 Å². The molecule has 0 heterocycles. The molecule has 0 saturated heterocycles. The molecule has 0 radical (unpaired) electrons. The minimum Gasteiger partial charge on any atom is -0.497 e. The lowest BCUT2D eigenvalue weighted by Gasteiger charge is -2.32. The Kier molecular flexibility index (Phi) is 11.6. The summed E-state index contributed by atoms with van der Waals surface area (Å²) in [4.78, 5) is 39.0. The highest BCUT2D eigenvalue weighted by Gasteiger charge is 2.34. The summed E-state index contributed by atoms with van der Waals surface area (Å²) < 4.78 is 34.1. The van der Waals surface area contributed by atoms with Crippen molar-refractivity contribution in [1.29, 1.82) is 0 Å². The molecule has 44 heavy (non-hydrogen) atoms. The van der Waals surface area contributed by atoms with Gasteiger partial charge in [0.15, 0.2) is 0 Å². The van der Waals surface area contributed by atoms with Crippen LogP contribution >= 0.6 is 23.2 Å². The predicted molar refractivity (Wildman–Crippen MR) is 170 cm³/mol. The Labute approximate surface area is 266 Å². The number of nitro benzene ring substituents is 1. The second-order valence-electron chi connectivity index (χ2n) is 10.5. The van der Waals surface area contributed by atoms with Crippen LogP contribution in [0.4, 0.5) is 11.4 Å². The van der Waals surface area contributed by atoms with Crippen molar-refractivity contribution < 1.29 is 27.7 Å². The Morgan fingerprint density at radius 2 is 1.64 bits per heavy atom. The van der Waals surface area contributed by atoms with Gasteiger partial charge >= 0.3 is 0 Å². The van der Waals surface area contributed by atoms with Crippen molar-refractivity contribution in [3.63, 3.8) is 0 Å². The smallest absolute Gasteiger partial charge is 0.273 e. The van der Waals surface area contributed by atoms with Gasteiger partial charge in [0.05, 0.1) is 22.6 Å². The SMILES string of the molecule is COc1ccc(N(CC(=O)N(Cc2c(Cl)cccc2Cl)[C@H](C)C(=O)NCC(C)C)S(=O)(=O)c2ccc(C)c([N+](=O)[O-])c2)cc1. The number of nitrogens with one attached hydrogen (secondary N) is 1. The quantitative estimate of drug-likeness (QED) is 0.185. The predicted octanol–water partition coefficient (Wildman–Crippen LogP) is 5.60. The Bertz CT molecular complexity index is 1610. The number of anilines is 1. The van der Waals surface area contributed by atoms with Gasteiger partial charge in [-0.15, -0.1) is 0 Å². The first-order valence-corrected chi connectivity index (χ1v) is 15.8. The Morgan fingerprint density at radius 3 is 2.18 bits per heavy atom. The minimum absolute atomic E-state index is 0.0926. The zero-order valence-electron chi connectivity index (χ0n) is 24.9. The number of sulfonamides is 1. The standard InChI is InChI=1S/C30H34Cl2N4O7S/c1-19(2)16-33-30(38)21(4)34(17-25-26(31)7-6-8-27(25)32)29(37)18-35(22-10-12-23(43-5)13-11-22)44(41,42)24-14-9-20(3)28(15-24)36(39)40/h6-15,19,21H,16-18H2,1-5H3,(H,33,38)/t21-/m1/s1. The van der Waals surface area contributed by atoms with Crippen LogP contribution in [0.1, 0.15) is 31.9 Å². The van der Waals surface area contributed by atoms with E-state index >= 15 is 0 Å². The molecule has 0 spiro atoms. The fraction of sp³-hybridized carbons (Fsp3) is 0.333. The number of hydrogen-bond acceptors (Lipinski definition) is 7. The number of ether oxygens (including phenoxy) is 1. The third kappa shape index (κ3) is 8.19. The number of rotatable bonds is 13. The van der Waals surface area contributed by atoms with E-state index in [1.165, 1.54) is 62.3 Å². The molecule has 14 heteroatoms. The summed E-state index contributed by atoms with van der Waals surface area (Å²) in [6.45, 7) is 6.27. The summed E-state index contributed by atoms with van der Waals surface area (Å²) in [6.07, 6.45) is 0. The molecule has 3 aromatic rings. The molecule has 0 saturated carbocycles. The van der Waals surface area contributed by atoms with E-state index in [2.05, 4.69) is 5.32 Å². The van der Waals surface area contributed by atoms with Crippen LogP contribution in [0.3, 0.4) is 0 Å². The summed E-state index contributed by atoms with van der Waals surface area (Å²) in [5, 5.41) is 14.9. The molecule has 3 rings (SSSR count). The summed E-state index contributed by atoms with van der Waals surface area (Å²) in [5.41, 5.74) is 0.346. The van der Waals surface area contributed by atoms with E-state index in [4.69, 9.17) is 27.9 Å². The zero-order valence-corrected chi connectivity index (χ0v) is 27.2. The van der Waals surface area contributed by atoms with Crippen molar-refractivity contribution in [2.45, 2.75) is 45.2 Å². The van der Waals surface area contributed by atoms with E-state index in [1.54, 1.807) is 18.2 Å². The number of methoxy groups -OCH3 is 1. The van der Waals surface area contributed by atoms with Gasteiger partial charge in [-0.1, -0.05) is 49.2 Å². The number of carbonyl (C=O) groups excluding carboxylic acids is 2.